The number of likely N-dealkylation sites (tertiary alicyclic amines) is 1. The fraction of sp³-hybridized carbons (Fsp3) is 0.550. The van der Waals surface area contributed by atoms with Gasteiger partial charge in [0, 0.05) is 12.5 Å². The van der Waals surface area contributed by atoms with Gasteiger partial charge < -0.3 is 24.2 Å². The molecule has 1 fully saturated rings. The first-order valence-electron chi connectivity index (χ1n) is 9.04. The molecular weight excluding hydrogens is 366 g/mol. The molecule has 8 nitrogen and oxygen atoms in total. The van der Waals surface area contributed by atoms with E-state index in [1.807, 2.05) is 0 Å². The molecule has 2 atom stereocenters. The molecule has 2 unspecified atom stereocenters. The lowest BCUT2D eigenvalue weighted by molar-refractivity contribution is -0.00153. The molecule has 2 rings (SSSR count). The number of esters is 2. The quantitative estimate of drug-likeness (QED) is 0.621. The van der Waals surface area contributed by atoms with Crippen molar-refractivity contribution in [2.24, 2.45) is 0 Å². The van der Waals surface area contributed by atoms with Gasteiger partial charge in [-0.05, 0) is 44.9 Å². The predicted octanol–water partition coefficient (Wildman–Crippen LogP) is 2.35. The molecular formula is C20H27NO7. The highest BCUT2D eigenvalue weighted by molar-refractivity contribution is 6.03. The van der Waals surface area contributed by atoms with Gasteiger partial charge in [-0.1, -0.05) is 6.07 Å². The van der Waals surface area contributed by atoms with Crippen LogP contribution in [0.3, 0.4) is 0 Å². The number of hydrogen-bond acceptors (Lipinski definition) is 7. The molecule has 0 aromatic heterocycles. The van der Waals surface area contributed by atoms with E-state index in [9.17, 15) is 19.5 Å². The first-order valence-corrected chi connectivity index (χ1v) is 9.04. The number of ether oxygens (including phenoxy) is 3. The normalized spacial score (nSPS) is 19.7. The van der Waals surface area contributed by atoms with Crippen molar-refractivity contribution in [3.8, 4) is 0 Å². The van der Waals surface area contributed by atoms with Gasteiger partial charge in [0.1, 0.15) is 5.60 Å². The standard InChI is InChI=1S/C20H27NO7/c1-20(2,3)28-19(25)21-9-8-13(16(22)11-21)12-6-7-14(17(23)26-4)15(10-12)18(24)27-5/h6-7,10,13,16,22H,8-9,11H2,1-5H3. The molecule has 1 amide bonds. The van der Waals surface area contributed by atoms with Gasteiger partial charge in [0.15, 0.2) is 0 Å². The van der Waals surface area contributed by atoms with Gasteiger partial charge in [-0.2, -0.15) is 0 Å². The van der Waals surface area contributed by atoms with E-state index >= 15 is 0 Å². The van der Waals surface area contributed by atoms with Crippen LogP contribution in [-0.2, 0) is 14.2 Å². The second-order valence-electron chi connectivity index (χ2n) is 7.68. The van der Waals surface area contributed by atoms with Gasteiger partial charge in [-0.3, -0.25) is 0 Å². The average Bonchev–Trinajstić information content (AvgIpc) is 2.64. The van der Waals surface area contributed by atoms with Crippen LogP contribution in [0.2, 0.25) is 0 Å². The number of aliphatic hydroxyl groups is 1. The third kappa shape index (κ3) is 5.01. The smallest absolute Gasteiger partial charge is 0.410 e. The van der Waals surface area contributed by atoms with Crippen LogP contribution in [0.15, 0.2) is 18.2 Å². The van der Waals surface area contributed by atoms with Crippen LogP contribution in [0.4, 0.5) is 4.79 Å². The Balaban J connectivity index is 2.21. The predicted molar refractivity (Wildman–Crippen MR) is 100 cm³/mol. The number of hydrogen-bond donors (Lipinski definition) is 1. The van der Waals surface area contributed by atoms with Crippen molar-refractivity contribution in [2.45, 2.75) is 44.8 Å². The van der Waals surface area contributed by atoms with Crippen LogP contribution in [0.25, 0.3) is 0 Å². The summed E-state index contributed by atoms with van der Waals surface area (Å²) >= 11 is 0. The number of nitrogens with zero attached hydrogens (tertiary/aromatic N) is 1. The summed E-state index contributed by atoms with van der Waals surface area (Å²) in [6.07, 6.45) is -0.824. The summed E-state index contributed by atoms with van der Waals surface area (Å²) in [5.74, 6) is -1.61. The molecule has 1 aromatic rings. The Morgan fingerprint density at radius 2 is 1.68 bits per heavy atom. The van der Waals surface area contributed by atoms with Crippen LogP contribution in [0.5, 0.6) is 0 Å². The van der Waals surface area contributed by atoms with Crippen molar-refractivity contribution in [1.29, 1.82) is 0 Å². The second-order valence-corrected chi connectivity index (χ2v) is 7.68. The Bertz CT molecular complexity index is 753. The van der Waals surface area contributed by atoms with Crippen LogP contribution in [0.1, 0.15) is 59.4 Å². The summed E-state index contributed by atoms with van der Waals surface area (Å²) in [6.45, 7) is 5.87. The number of carbonyl (C=O) groups excluding carboxylic acids is 3. The number of aliphatic hydroxyl groups excluding tert-OH is 1. The zero-order chi connectivity index (χ0) is 21.1. The van der Waals surface area contributed by atoms with E-state index in [1.165, 1.54) is 31.3 Å². The van der Waals surface area contributed by atoms with E-state index < -0.39 is 29.7 Å². The molecule has 28 heavy (non-hydrogen) atoms. The second kappa shape index (κ2) is 8.60. The molecule has 1 saturated heterocycles. The van der Waals surface area contributed by atoms with Gasteiger partial charge in [-0.15, -0.1) is 0 Å². The third-order valence-corrected chi connectivity index (χ3v) is 4.52. The highest BCUT2D eigenvalue weighted by Gasteiger charge is 2.34. The Morgan fingerprint density at radius 1 is 1.07 bits per heavy atom. The summed E-state index contributed by atoms with van der Waals surface area (Å²) in [7, 11) is 2.46. The molecule has 1 aromatic carbocycles. The molecule has 0 bridgehead atoms. The monoisotopic (exact) mass is 393 g/mol. The minimum Gasteiger partial charge on any atom is -0.465 e. The van der Waals surface area contributed by atoms with Gasteiger partial charge in [0.2, 0.25) is 0 Å². The van der Waals surface area contributed by atoms with Crippen molar-refractivity contribution < 1.29 is 33.7 Å². The van der Waals surface area contributed by atoms with Crippen molar-refractivity contribution in [2.75, 3.05) is 27.3 Å². The summed E-state index contributed by atoms with van der Waals surface area (Å²) in [5, 5.41) is 10.6. The number of β-amino-alcohol motifs (C(OH)–C–C–N with tert-alkyl or cyclic N) is 1. The minimum atomic E-state index is -0.837. The Labute approximate surface area is 164 Å². The zero-order valence-corrected chi connectivity index (χ0v) is 16.9. The number of methoxy groups -OCH3 is 2. The largest absolute Gasteiger partial charge is 0.465 e. The summed E-state index contributed by atoms with van der Waals surface area (Å²) in [4.78, 5) is 37.7. The maximum Gasteiger partial charge on any atom is 0.410 e. The Morgan fingerprint density at radius 3 is 2.21 bits per heavy atom. The highest BCUT2D eigenvalue weighted by atomic mass is 16.6. The minimum absolute atomic E-state index is 0.0774. The lowest BCUT2D eigenvalue weighted by Crippen LogP contribution is -2.47. The molecule has 1 aliphatic rings. The maximum absolute atomic E-state index is 12.2. The zero-order valence-electron chi connectivity index (χ0n) is 16.9. The summed E-state index contributed by atoms with van der Waals surface area (Å²) in [6, 6.07) is 4.70. The van der Waals surface area contributed by atoms with Gasteiger partial charge in [-0.25, -0.2) is 14.4 Å². The molecule has 0 radical (unpaired) electrons. The fourth-order valence-electron chi connectivity index (χ4n) is 3.17. The maximum atomic E-state index is 12.2. The topological polar surface area (TPSA) is 102 Å². The SMILES string of the molecule is COC(=O)c1ccc(C2CCN(C(=O)OC(C)(C)C)CC2O)cc1C(=O)OC. The van der Waals surface area contributed by atoms with Crippen LogP contribution >= 0.6 is 0 Å². The molecule has 1 aliphatic heterocycles. The van der Waals surface area contributed by atoms with E-state index in [1.54, 1.807) is 26.8 Å². The van der Waals surface area contributed by atoms with Crippen LogP contribution < -0.4 is 0 Å². The number of amides is 1. The lowest BCUT2D eigenvalue weighted by Gasteiger charge is -2.37. The van der Waals surface area contributed by atoms with E-state index in [2.05, 4.69) is 0 Å². The third-order valence-electron chi connectivity index (χ3n) is 4.52. The number of carbonyl (C=O) groups is 3. The summed E-state index contributed by atoms with van der Waals surface area (Å²) < 4.78 is 14.8. The van der Waals surface area contributed by atoms with Gasteiger partial charge in [0.25, 0.3) is 0 Å². The highest BCUT2D eigenvalue weighted by Crippen LogP contribution is 2.31. The number of benzene rings is 1. The molecule has 0 spiro atoms. The van der Waals surface area contributed by atoms with Crippen molar-refractivity contribution in [1.82, 2.24) is 4.90 Å². The summed E-state index contributed by atoms with van der Waals surface area (Å²) in [5.41, 5.74) is 0.245. The van der Waals surface area contributed by atoms with Crippen molar-refractivity contribution in [3.63, 3.8) is 0 Å². The van der Waals surface area contributed by atoms with E-state index in [4.69, 9.17) is 14.2 Å². The Hall–Kier alpha value is -2.61. The van der Waals surface area contributed by atoms with Gasteiger partial charge >= 0.3 is 18.0 Å². The Kier molecular flexibility index (Phi) is 6.66. The number of piperidine rings is 1. The van der Waals surface area contributed by atoms with Crippen molar-refractivity contribution >= 4 is 18.0 Å². The molecule has 0 saturated carbocycles. The first-order chi connectivity index (χ1) is 13.1. The molecule has 0 aliphatic carbocycles. The van der Waals surface area contributed by atoms with Gasteiger partial charge in [0.05, 0.1) is 38.0 Å². The van der Waals surface area contributed by atoms with Crippen LogP contribution in [-0.4, -0.2) is 67.1 Å². The lowest BCUT2D eigenvalue weighted by atomic mass is 9.85. The number of rotatable bonds is 3. The fourth-order valence-corrected chi connectivity index (χ4v) is 3.17. The van der Waals surface area contributed by atoms with E-state index in [0.29, 0.717) is 18.5 Å². The molecule has 154 valence electrons. The molecule has 1 heterocycles. The first kappa shape index (κ1) is 21.7. The average molecular weight is 393 g/mol. The van der Waals surface area contributed by atoms with E-state index in [-0.39, 0.29) is 23.6 Å². The molecule has 1 N–H and O–H groups in total. The van der Waals surface area contributed by atoms with Crippen LogP contribution in [0, 0.1) is 0 Å². The molecule has 8 heteroatoms. The van der Waals surface area contributed by atoms with E-state index in [0.717, 1.165) is 0 Å². The van der Waals surface area contributed by atoms with Crippen molar-refractivity contribution in [3.05, 3.63) is 34.9 Å².